The average Bonchev–Trinajstić information content (AvgIpc) is 2.11. The second-order valence-electron chi connectivity index (χ2n) is 3.49. The predicted octanol–water partition coefficient (Wildman–Crippen LogP) is 0.983. The van der Waals surface area contributed by atoms with Crippen molar-refractivity contribution in [2.45, 2.75) is 25.4 Å². The van der Waals surface area contributed by atoms with Gasteiger partial charge < -0.3 is 9.64 Å². The Balaban J connectivity index is 2.51. The van der Waals surface area contributed by atoms with E-state index in [1.54, 1.807) is 6.92 Å². The van der Waals surface area contributed by atoms with Gasteiger partial charge in [-0.25, -0.2) is 9.18 Å². The van der Waals surface area contributed by atoms with Crippen molar-refractivity contribution in [2.24, 2.45) is 0 Å². The third-order valence-corrected chi connectivity index (χ3v) is 2.42. The third-order valence-electron chi connectivity index (χ3n) is 2.42. The highest BCUT2D eigenvalue weighted by Crippen LogP contribution is 2.27. The van der Waals surface area contributed by atoms with E-state index in [1.165, 1.54) is 0 Å². The fourth-order valence-corrected chi connectivity index (χ4v) is 1.44. The van der Waals surface area contributed by atoms with Crippen LogP contribution in [0.15, 0.2) is 0 Å². The van der Waals surface area contributed by atoms with Crippen molar-refractivity contribution in [1.82, 2.24) is 4.90 Å². The van der Waals surface area contributed by atoms with E-state index in [9.17, 15) is 9.18 Å². The van der Waals surface area contributed by atoms with Gasteiger partial charge in [-0.05, 0) is 14.0 Å². The molecule has 13 heavy (non-hydrogen) atoms. The number of likely N-dealkylation sites (tertiary alicyclic amines) is 1. The minimum atomic E-state index is -1.73. The first-order chi connectivity index (χ1) is 6.08. The summed E-state index contributed by atoms with van der Waals surface area (Å²) in [7, 11) is 1.92. The number of piperidine rings is 1. The van der Waals surface area contributed by atoms with Crippen LogP contribution >= 0.6 is 0 Å². The van der Waals surface area contributed by atoms with Gasteiger partial charge in [0, 0.05) is 25.9 Å². The monoisotopic (exact) mass is 189 g/mol. The molecule has 0 aromatic rings. The predicted molar refractivity (Wildman–Crippen MR) is 47.2 cm³/mol. The molecule has 0 unspecified atom stereocenters. The Morgan fingerprint density at radius 1 is 1.54 bits per heavy atom. The summed E-state index contributed by atoms with van der Waals surface area (Å²) in [6.07, 6.45) is 0.505. The van der Waals surface area contributed by atoms with Crippen LogP contribution in [-0.2, 0) is 9.53 Å². The van der Waals surface area contributed by atoms with Crippen LogP contribution in [0.2, 0.25) is 0 Å². The van der Waals surface area contributed by atoms with Gasteiger partial charge in [-0.1, -0.05) is 0 Å². The van der Waals surface area contributed by atoms with E-state index in [0.29, 0.717) is 13.1 Å². The van der Waals surface area contributed by atoms with Gasteiger partial charge in [0.2, 0.25) is 5.67 Å². The van der Waals surface area contributed by atoms with Crippen LogP contribution in [0.25, 0.3) is 0 Å². The van der Waals surface area contributed by atoms with Crippen molar-refractivity contribution < 1.29 is 13.9 Å². The molecule has 0 aromatic carbocycles. The summed E-state index contributed by atoms with van der Waals surface area (Å²) in [5.74, 6) is -0.692. The summed E-state index contributed by atoms with van der Waals surface area (Å²) in [6, 6.07) is 0. The normalized spacial score (nSPS) is 22.7. The fraction of sp³-hybridized carbons (Fsp3) is 0.889. The van der Waals surface area contributed by atoms with E-state index in [-0.39, 0.29) is 19.4 Å². The number of halogens is 1. The number of ether oxygens (including phenoxy) is 1. The van der Waals surface area contributed by atoms with Gasteiger partial charge in [-0.3, -0.25) is 0 Å². The molecule has 1 aliphatic rings. The van der Waals surface area contributed by atoms with Crippen LogP contribution in [0.3, 0.4) is 0 Å². The number of hydrogen-bond acceptors (Lipinski definition) is 3. The number of carbonyl (C=O) groups is 1. The fourth-order valence-electron chi connectivity index (χ4n) is 1.44. The highest BCUT2D eigenvalue weighted by Gasteiger charge is 2.42. The van der Waals surface area contributed by atoms with Gasteiger partial charge in [0.25, 0.3) is 0 Å². The van der Waals surface area contributed by atoms with E-state index >= 15 is 0 Å². The smallest absolute Gasteiger partial charge is 0.343 e. The zero-order valence-corrected chi connectivity index (χ0v) is 8.18. The maximum Gasteiger partial charge on any atom is 0.343 e. The molecule has 1 rings (SSSR count). The molecule has 0 aromatic heterocycles. The lowest BCUT2D eigenvalue weighted by atomic mass is 9.94. The van der Waals surface area contributed by atoms with Crippen LogP contribution in [0.1, 0.15) is 19.8 Å². The van der Waals surface area contributed by atoms with E-state index in [4.69, 9.17) is 0 Å². The lowest BCUT2D eigenvalue weighted by Crippen LogP contribution is -2.45. The second kappa shape index (κ2) is 4.05. The van der Waals surface area contributed by atoms with Crippen molar-refractivity contribution in [3.8, 4) is 0 Å². The Kier molecular flexibility index (Phi) is 3.25. The van der Waals surface area contributed by atoms with Crippen molar-refractivity contribution in [2.75, 3.05) is 26.7 Å². The number of carbonyl (C=O) groups excluding carboxylic acids is 1. The summed E-state index contributed by atoms with van der Waals surface area (Å²) in [6.45, 7) is 3.18. The van der Waals surface area contributed by atoms with Crippen LogP contribution < -0.4 is 0 Å². The van der Waals surface area contributed by atoms with Crippen molar-refractivity contribution in [1.29, 1.82) is 0 Å². The van der Waals surface area contributed by atoms with E-state index in [1.807, 2.05) is 11.9 Å². The van der Waals surface area contributed by atoms with Crippen LogP contribution in [-0.4, -0.2) is 43.3 Å². The van der Waals surface area contributed by atoms with Crippen LogP contribution in [0.4, 0.5) is 4.39 Å². The topological polar surface area (TPSA) is 29.5 Å². The first-order valence-electron chi connectivity index (χ1n) is 4.63. The first-order valence-corrected chi connectivity index (χ1v) is 4.63. The Labute approximate surface area is 77.9 Å². The molecule has 1 heterocycles. The summed E-state index contributed by atoms with van der Waals surface area (Å²) < 4.78 is 18.5. The lowest BCUT2D eigenvalue weighted by molar-refractivity contribution is -0.160. The minimum Gasteiger partial charge on any atom is -0.464 e. The Morgan fingerprint density at radius 2 is 2.08 bits per heavy atom. The van der Waals surface area contributed by atoms with Crippen molar-refractivity contribution in [3.05, 3.63) is 0 Å². The van der Waals surface area contributed by atoms with Crippen LogP contribution in [0, 0.1) is 0 Å². The van der Waals surface area contributed by atoms with E-state index in [0.717, 1.165) is 0 Å². The van der Waals surface area contributed by atoms with Gasteiger partial charge in [-0.15, -0.1) is 0 Å². The van der Waals surface area contributed by atoms with Crippen LogP contribution in [0.5, 0.6) is 0 Å². The summed E-state index contributed by atoms with van der Waals surface area (Å²) >= 11 is 0. The molecule has 0 N–H and O–H groups in total. The van der Waals surface area contributed by atoms with E-state index in [2.05, 4.69) is 4.74 Å². The second-order valence-corrected chi connectivity index (χ2v) is 3.49. The first kappa shape index (κ1) is 10.4. The molecule has 0 aliphatic carbocycles. The number of alkyl halides is 1. The zero-order chi connectivity index (χ0) is 9.90. The quantitative estimate of drug-likeness (QED) is 0.606. The van der Waals surface area contributed by atoms with Gasteiger partial charge in [-0.2, -0.15) is 0 Å². The highest BCUT2D eigenvalue weighted by atomic mass is 19.1. The molecular formula is C9H16FNO2. The number of esters is 1. The molecule has 1 saturated heterocycles. The number of hydrogen-bond donors (Lipinski definition) is 0. The van der Waals surface area contributed by atoms with Crippen molar-refractivity contribution in [3.63, 3.8) is 0 Å². The SMILES string of the molecule is CCOC(=O)C1(F)CCN(C)CC1. The Hall–Kier alpha value is -0.640. The van der Waals surface area contributed by atoms with Gasteiger partial charge in [0.1, 0.15) is 0 Å². The maximum absolute atomic E-state index is 13.8. The maximum atomic E-state index is 13.8. The number of rotatable bonds is 2. The minimum absolute atomic E-state index is 0.250. The third kappa shape index (κ3) is 2.40. The standard InChI is InChI=1S/C9H16FNO2/c1-3-13-8(12)9(10)4-6-11(2)7-5-9/h3-7H2,1-2H3. The summed E-state index contributed by atoms with van der Waals surface area (Å²) in [4.78, 5) is 13.2. The molecule has 0 radical (unpaired) electrons. The molecule has 0 spiro atoms. The largest absolute Gasteiger partial charge is 0.464 e. The Morgan fingerprint density at radius 3 is 2.54 bits per heavy atom. The zero-order valence-electron chi connectivity index (χ0n) is 8.18. The van der Waals surface area contributed by atoms with Gasteiger partial charge in [0.15, 0.2) is 0 Å². The molecular weight excluding hydrogens is 173 g/mol. The molecule has 3 nitrogen and oxygen atoms in total. The van der Waals surface area contributed by atoms with E-state index < -0.39 is 11.6 Å². The van der Waals surface area contributed by atoms with Gasteiger partial charge in [0.05, 0.1) is 6.61 Å². The average molecular weight is 189 g/mol. The molecule has 76 valence electrons. The van der Waals surface area contributed by atoms with Crippen molar-refractivity contribution >= 4 is 5.97 Å². The molecule has 1 fully saturated rings. The molecule has 0 amide bonds. The summed E-state index contributed by atoms with van der Waals surface area (Å²) in [5.41, 5.74) is -1.73. The molecule has 0 saturated carbocycles. The lowest BCUT2D eigenvalue weighted by Gasteiger charge is -2.32. The highest BCUT2D eigenvalue weighted by molar-refractivity contribution is 5.79. The van der Waals surface area contributed by atoms with Gasteiger partial charge >= 0.3 is 5.97 Å². The molecule has 0 bridgehead atoms. The molecule has 0 atom stereocenters. The molecule has 4 heteroatoms. The summed E-state index contributed by atoms with van der Waals surface area (Å²) in [5, 5.41) is 0. The molecule has 1 aliphatic heterocycles. The number of nitrogens with zero attached hydrogens (tertiary/aromatic N) is 1. The Bertz CT molecular complexity index is 188.